The molecular formula is C9H19N5. The van der Waals surface area contributed by atoms with Crippen molar-refractivity contribution in [3.8, 4) is 0 Å². The number of hydrogen-bond acceptors (Lipinski definition) is 1. The molecule has 0 heterocycles. The van der Waals surface area contributed by atoms with Crippen LogP contribution in [0, 0.1) is 5.41 Å². The van der Waals surface area contributed by atoms with E-state index >= 15 is 0 Å². The number of nitrogens with one attached hydrogen (secondary N) is 1. The summed E-state index contributed by atoms with van der Waals surface area (Å²) in [5.74, 6) is 0.158. The summed E-state index contributed by atoms with van der Waals surface area (Å²) in [5.41, 5.74) is 10.9. The fourth-order valence-electron chi connectivity index (χ4n) is 2.01. The molecule has 0 aliphatic heterocycles. The molecule has 5 heteroatoms. The minimum absolute atomic E-state index is 0.223. The zero-order valence-corrected chi connectivity index (χ0v) is 8.66. The summed E-state index contributed by atoms with van der Waals surface area (Å²) in [6.45, 7) is 2.87. The van der Waals surface area contributed by atoms with Crippen LogP contribution < -0.4 is 11.5 Å². The van der Waals surface area contributed by atoms with Crippen molar-refractivity contribution in [2.45, 2.75) is 38.6 Å². The highest BCUT2D eigenvalue weighted by Gasteiger charge is 2.22. The molecule has 0 aromatic carbocycles. The molecule has 0 saturated heterocycles. The molecule has 0 aromatic rings. The van der Waals surface area contributed by atoms with Crippen molar-refractivity contribution >= 4 is 11.9 Å². The fraction of sp³-hybridized carbons (Fsp3) is 0.778. The van der Waals surface area contributed by atoms with E-state index in [2.05, 4.69) is 4.99 Å². The van der Waals surface area contributed by atoms with Gasteiger partial charge in [-0.05, 0) is 19.8 Å². The number of hydrogen-bond donors (Lipinski definition) is 3. The average molecular weight is 197 g/mol. The van der Waals surface area contributed by atoms with Crippen molar-refractivity contribution in [1.29, 1.82) is 5.41 Å². The first-order valence-corrected chi connectivity index (χ1v) is 5.10. The Morgan fingerprint density at radius 3 is 2.43 bits per heavy atom. The van der Waals surface area contributed by atoms with Gasteiger partial charge in [0.05, 0.1) is 0 Å². The zero-order valence-electron chi connectivity index (χ0n) is 8.66. The van der Waals surface area contributed by atoms with Gasteiger partial charge in [0.1, 0.15) is 0 Å². The van der Waals surface area contributed by atoms with Crippen LogP contribution >= 0.6 is 0 Å². The predicted molar refractivity (Wildman–Crippen MR) is 58.2 cm³/mol. The van der Waals surface area contributed by atoms with Crippen LogP contribution in [0.5, 0.6) is 0 Å². The van der Waals surface area contributed by atoms with Crippen molar-refractivity contribution in [1.82, 2.24) is 4.90 Å². The minimum atomic E-state index is -0.223. The van der Waals surface area contributed by atoms with Crippen LogP contribution in [0.4, 0.5) is 0 Å². The van der Waals surface area contributed by atoms with E-state index in [1.165, 1.54) is 25.7 Å². The molecule has 0 unspecified atom stereocenters. The summed E-state index contributed by atoms with van der Waals surface area (Å²) in [5, 5.41) is 7.05. The highest BCUT2D eigenvalue weighted by molar-refractivity contribution is 5.91. The van der Waals surface area contributed by atoms with E-state index in [-0.39, 0.29) is 5.96 Å². The summed E-state index contributed by atoms with van der Waals surface area (Å²) in [6.07, 6.45) is 4.85. The Balaban J connectivity index is 2.64. The van der Waals surface area contributed by atoms with E-state index < -0.39 is 0 Å². The summed E-state index contributed by atoms with van der Waals surface area (Å²) in [7, 11) is 0. The van der Waals surface area contributed by atoms with E-state index in [4.69, 9.17) is 16.9 Å². The molecule has 0 bridgehead atoms. The van der Waals surface area contributed by atoms with Gasteiger partial charge in [-0.2, -0.15) is 4.99 Å². The van der Waals surface area contributed by atoms with Crippen LogP contribution in [0.15, 0.2) is 4.99 Å². The second-order valence-electron chi connectivity index (χ2n) is 3.58. The first-order valence-electron chi connectivity index (χ1n) is 5.10. The van der Waals surface area contributed by atoms with Gasteiger partial charge in [-0.3, -0.25) is 5.41 Å². The Bertz CT molecular complexity index is 229. The lowest BCUT2D eigenvalue weighted by Crippen LogP contribution is -2.44. The molecule has 5 N–H and O–H groups in total. The van der Waals surface area contributed by atoms with Crippen LogP contribution in [0.1, 0.15) is 32.6 Å². The molecule has 0 spiro atoms. The molecule has 1 aliphatic carbocycles. The van der Waals surface area contributed by atoms with Gasteiger partial charge < -0.3 is 16.4 Å². The monoisotopic (exact) mass is 197 g/mol. The number of nitrogens with zero attached hydrogens (tertiary/aromatic N) is 2. The maximum atomic E-state index is 7.05. The van der Waals surface area contributed by atoms with Gasteiger partial charge in [-0.1, -0.05) is 12.8 Å². The second-order valence-corrected chi connectivity index (χ2v) is 3.58. The summed E-state index contributed by atoms with van der Waals surface area (Å²) in [4.78, 5) is 5.81. The lowest BCUT2D eigenvalue weighted by atomic mass is 10.2. The van der Waals surface area contributed by atoms with Gasteiger partial charge in [-0.25, -0.2) is 0 Å². The van der Waals surface area contributed by atoms with Crippen LogP contribution in [0.2, 0.25) is 0 Å². The van der Waals surface area contributed by atoms with Gasteiger partial charge in [-0.15, -0.1) is 0 Å². The number of guanidine groups is 2. The van der Waals surface area contributed by atoms with Crippen molar-refractivity contribution in [2.75, 3.05) is 6.54 Å². The highest BCUT2D eigenvalue weighted by Crippen LogP contribution is 2.22. The molecule has 0 aromatic heterocycles. The highest BCUT2D eigenvalue weighted by atomic mass is 15.3. The molecular weight excluding hydrogens is 178 g/mol. The van der Waals surface area contributed by atoms with Gasteiger partial charge in [0, 0.05) is 12.6 Å². The Morgan fingerprint density at radius 2 is 2.00 bits per heavy atom. The van der Waals surface area contributed by atoms with Crippen molar-refractivity contribution in [3.05, 3.63) is 0 Å². The third kappa shape index (κ3) is 2.61. The maximum absolute atomic E-state index is 7.05. The molecule has 0 amide bonds. The minimum Gasteiger partial charge on any atom is -0.369 e. The number of aliphatic imine (C=N–C) groups is 1. The molecule has 1 fully saturated rings. The smallest absolute Gasteiger partial charge is 0.215 e. The van der Waals surface area contributed by atoms with Crippen molar-refractivity contribution in [3.63, 3.8) is 0 Å². The van der Waals surface area contributed by atoms with E-state index in [1.807, 2.05) is 11.8 Å². The van der Waals surface area contributed by atoms with Gasteiger partial charge in [0.15, 0.2) is 5.96 Å². The average Bonchev–Trinajstić information content (AvgIpc) is 2.57. The van der Waals surface area contributed by atoms with E-state index in [1.54, 1.807) is 0 Å². The zero-order chi connectivity index (χ0) is 10.6. The first kappa shape index (κ1) is 10.8. The predicted octanol–water partition coefficient (Wildman–Crippen LogP) is 0.459. The summed E-state index contributed by atoms with van der Waals surface area (Å²) < 4.78 is 0. The molecule has 0 radical (unpaired) electrons. The normalized spacial score (nSPS) is 18.5. The lowest BCUT2D eigenvalue weighted by Gasteiger charge is -2.28. The van der Waals surface area contributed by atoms with Crippen LogP contribution in [0.3, 0.4) is 0 Å². The molecule has 14 heavy (non-hydrogen) atoms. The Labute approximate surface area is 84.7 Å². The molecule has 1 saturated carbocycles. The van der Waals surface area contributed by atoms with Crippen LogP contribution in [-0.4, -0.2) is 29.4 Å². The molecule has 5 nitrogen and oxygen atoms in total. The van der Waals surface area contributed by atoms with E-state index in [0.717, 1.165) is 6.54 Å². The van der Waals surface area contributed by atoms with E-state index in [0.29, 0.717) is 12.0 Å². The molecule has 1 aliphatic rings. The maximum Gasteiger partial charge on any atom is 0.215 e. The fourth-order valence-corrected chi connectivity index (χ4v) is 2.01. The lowest BCUT2D eigenvalue weighted by molar-refractivity contribution is 0.326. The Hall–Kier alpha value is -1.26. The standard InChI is InChI=1S/C9H19N5/c1-2-14(7-5-3-4-6-7)9(12)13-8(10)11/h7H,2-6H2,1H3,(H5,10,11,12,13). The Morgan fingerprint density at radius 1 is 1.43 bits per heavy atom. The molecule has 1 rings (SSSR count). The van der Waals surface area contributed by atoms with Crippen molar-refractivity contribution < 1.29 is 0 Å². The first-order chi connectivity index (χ1) is 6.65. The SMILES string of the molecule is CCN(C(N)=NC(=N)N)C1CCCC1. The third-order valence-electron chi connectivity index (χ3n) is 2.64. The summed E-state index contributed by atoms with van der Waals surface area (Å²) >= 11 is 0. The largest absolute Gasteiger partial charge is 0.369 e. The number of nitrogens with two attached hydrogens (primary N) is 2. The Kier molecular flexibility index (Phi) is 3.73. The van der Waals surface area contributed by atoms with Crippen LogP contribution in [-0.2, 0) is 0 Å². The van der Waals surface area contributed by atoms with E-state index in [9.17, 15) is 0 Å². The van der Waals surface area contributed by atoms with Gasteiger partial charge in [0.2, 0.25) is 5.96 Å². The molecule has 0 atom stereocenters. The summed E-state index contributed by atoms with van der Waals surface area (Å²) in [6, 6.07) is 0.489. The topological polar surface area (TPSA) is 91.5 Å². The van der Waals surface area contributed by atoms with Gasteiger partial charge in [0.25, 0.3) is 0 Å². The molecule has 80 valence electrons. The van der Waals surface area contributed by atoms with Gasteiger partial charge >= 0.3 is 0 Å². The third-order valence-corrected chi connectivity index (χ3v) is 2.64. The quantitative estimate of drug-likeness (QED) is 0.443. The van der Waals surface area contributed by atoms with Crippen LogP contribution in [0.25, 0.3) is 0 Å². The number of rotatable bonds is 2. The van der Waals surface area contributed by atoms with Crippen molar-refractivity contribution in [2.24, 2.45) is 16.5 Å². The second kappa shape index (κ2) is 4.83.